The molecule has 0 fully saturated rings. The first kappa shape index (κ1) is 12.9. The van der Waals surface area contributed by atoms with Crippen molar-refractivity contribution in [1.29, 1.82) is 0 Å². The lowest BCUT2D eigenvalue weighted by atomic mass is 9.86. The van der Waals surface area contributed by atoms with Crippen LogP contribution in [0.1, 0.15) is 33.6 Å². The maximum atomic E-state index is 11.4. The minimum atomic E-state index is -1.12. The van der Waals surface area contributed by atoms with Gasteiger partial charge in [-0.15, -0.1) is 0 Å². The number of hydrogen-bond acceptors (Lipinski definition) is 3. The van der Waals surface area contributed by atoms with E-state index in [1.165, 1.54) is 14.0 Å². The zero-order valence-corrected chi connectivity index (χ0v) is 9.29. The van der Waals surface area contributed by atoms with E-state index < -0.39 is 11.4 Å². The summed E-state index contributed by atoms with van der Waals surface area (Å²) in [6, 6.07) is 0. The largest absolute Gasteiger partial charge is 0.468 e. The summed E-state index contributed by atoms with van der Waals surface area (Å²) < 4.78 is 4.60. The highest BCUT2D eigenvalue weighted by atomic mass is 16.5. The molecule has 0 aromatic rings. The van der Waals surface area contributed by atoms with Crippen molar-refractivity contribution >= 4 is 11.8 Å². The van der Waals surface area contributed by atoms with Gasteiger partial charge in [-0.05, 0) is 20.3 Å². The van der Waals surface area contributed by atoms with Gasteiger partial charge in [0.25, 0.3) is 0 Å². The highest BCUT2D eigenvalue weighted by molar-refractivity contribution is 6.04. The van der Waals surface area contributed by atoms with E-state index in [0.29, 0.717) is 0 Å². The van der Waals surface area contributed by atoms with Gasteiger partial charge in [-0.3, -0.25) is 9.59 Å². The van der Waals surface area contributed by atoms with Crippen LogP contribution in [0.5, 0.6) is 0 Å². The summed E-state index contributed by atoms with van der Waals surface area (Å²) in [5.74, 6) is -0.700. The van der Waals surface area contributed by atoms with Crippen LogP contribution < -0.4 is 0 Å². The van der Waals surface area contributed by atoms with Gasteiger partial charge in [-0.1, -0.05) is 25.5 Å². The van der Waals surface area contributed by atoms with Crippen molar-refractivity contribution < 1.29 is 14.3 Å². The van der Waals surface area contributed by atoms with E-state index in [-0.39, 0.29) is 5.78 Å². The Hall–Kier alpha value is -1.12. The molecular weight excluding hydrogens is 180 g/mol. The van der Waals surface area contributed by atoms with Crippen molar-refractivity contribution in [1.82, 2.24) is 0 Å². The van der Waals surface area contributed by atoms with Crippen LogP contribution in [0.25, 0.3) is 0 Å². The van der Waals surface area contributed by atoms with Gasteiger partial charge >= 0.3 is 5.97 Å². The van der Waals surface area contributed by atoms with Crippen molar-refractivity contribution in [3.05, 3.63) is 12.2 Å². The highest BCUT2D eigenvalue weighted by Crippen LogP contribution is 2.22. The molecule has 3 nitrogen and oxygen atoms in total. The molecule has 0 aromatic heterocycles. The predicted molar refractivity (Wildman–Crippen MR) is 54.9 cm³/mol. The number of ketones is 1. The van der Waals surface area contributed by atoms with E-state index in [1.807, 2.05) is 13.0 Å². The number of rotatable bonds is 5. The summed E-state index contributed by atoms with van der Waals surface area (Å²) in [5.41, 5.74) is -1.12. The van der Waals surface area contributed by atoms with Crippen LogP contribution >= 0.6 is 0 Å². The minimum absolute atomic E-state index is 0.197. The van der Waals surface area contributed by atoms with Gasteiger partial charge in [0.05, 0.1) is 7.11 Å². The van der Waals surface area contributed by atoms with Gasteiger partial charge in [0, 0.05) is 0 Å². The molecule has 1 unspecified atom stereocenters. The van der Waals surface area contributed by atoms with Crippen molar-refractivity contribution in [3.8, 4) is 0 Å². The number of hydrogen-bond donors (Lipinski definition) is 0. The first-order valence-corrected chi connectivity index (χ1v) is 4.76. The van der Waals surface area contributed by atoms with Crippen LogP contribution in [0.15, 0.2) is 12.2 Å². The van der Waals surface area contributed by atoms with E-state index in [0.717, 1.165) is 12.8 Å². The number of carbonyl (C=O) groups excluding carboxylic acids is 2. The Bertz CT molecular complexity index is 243. The molecule has 0 bridgehead atoms. The standard InChI is InChI=1S/C11H18O3/c1-5-6-7-8-11(3,9(2)12)10(13)14-4/h7-8H,5-6H2,1-4H3. The van der Waals surface area contributed by atoms with Gasteiger partial charge in [-0.2, -0.15) is 0 Å². The van der Waals surface area contributed by atoms with E-state index in [9.17, 15) is 9.59 Å². The van der Waals surface area contributed by atoms with Gasteiger partial charge < -0.3 is 4.74 Å². The Morgan fingerprint density at radius 2 is 2.00 bits per heavy atom. The van der Waals surface area contributed by atoms with E-state index in [4.69, 9.17) is 0 Å². The fraction of sp³-hybridized carbons (Fsp3) is 0.636. The molecule has 0 aliphatic rings. The molecule has 1 atom stereocenters. The molecule has 80 valence electrons. The third kappa shape index (κ3) is 2.98. The molecule has 0 aliphatic heterocycles. The average Bonchev–Trinajstić information content (AvgIpc) is 2.16. The molecule has 0 heterocycles. The Kier molecular flexibility index (Phi) is 5.13. The molecule has 0 radical (unpaired) electrons. The molecule has 0 rings (SSSR count). The molecule has 0 N–H and O–H groups in total. The van der Waals surface area contributed by atoms with Gasteiger partial charge in [0.15, 0.2) is 5.78 Å². The Morgan fingerprint density at radius 1 is 1.43 bits per heavy atom. The zero-order chi connectivity index (χ0) is 11.2. The van der Waals surface area contributed by atoms with Crippen LogP contribution in [0, 0.1) is 5.41 Å². The minimum Gasteiger partial charge on any atom is -0.468 e. The average molecular weight is 198 g/mol. The number of allylic oxidation sites excluding steroid dienone is 1. The van der Waals surface area contributed by atoms with Crippen LogP contribution in [-0.2, 0) is 14.3 Å². The fourth-order valence-corrected chi connectivity index (χ4v) is 1.03. The van der Waals surface area contributed by atoms with Crippen LogP contribution in [-0.4, -0.2) is 18.9 Å². The van der Waals surface area contributed by atoms with Crippen LogP contribution in [0.2, 0.25) is 0 Å². The lowest BCUT2D eigenvalue weighted by molar-refractivity contribution is -0.153. The molecule has 0 aromatic carbocycles. The zero-order valence-electron chi connectivity index (χ0n) is 9.29. The number of unbranched alkanes of at least 4 members (excludes halogenated alkanes) is 1. The quantitative estimate of drug-likeness (QED) is 0.386. The van der Waals surface area contributed by atoms with Gasteiger partial charge in [0.1, 0.15) is 5.41 Å². The Labute approximate surface area is 85.1 Å². The normalized spacial score (nSPS) is 15.1. The van der Waals surface area contributed by atoms with E-state index in [1.54, 1.807) is 13.0 Å². The molecule has 0 saturated heterocycles. The van der Waals surface area contributed by atoms with E-state index >= 15 is 0 Å². The lowest BCUT2D eigenvalue weighted by Crippen LogP contribution is -2.33. The highest BCUT2D eigenvalue weighted by Gasteiger charge is 2.36. The fourth-order valence-electron chi connectivity index (χ4n) is 1.03. The van der Waals surface area contributed by atoms with Crippen LogP contribution in [0.3, 0.4) is 0 Å². The smallest absolute Gasteiger partial charge is 0.322 e. The van der Waals surface area contributed by atoms with Crippen molar-refractivity contribution in [2.75, 3.05) is 7.11 Å². The summed E-state index contributed by atoms with van der Waals surface area (Å²) in [5, 5.41) is 0. The maximum Gasteiger partial charge on any atom is 0.322 e. The number of carbonyl (C=O) groups is 2. The lowest BCUT2D eigenvalue weighted by Gasteiger charge is -2.19. The second-order valence-electron chi connectivity index (χ2n) is 3.44. The van der Waals surface area contributed by atoms with Gasteiger partial charge in [0.2, 0.25) is 0 Å². The summed E-state index contributed by atoms with van der Waals surface area (Å²) in [6.07, 6.45) is 5.33. The molecule has 3 heteroatoms. The summed E-state index contributed by atoms with van der Waals surface area (Å²) >= 11 is 0. The first-order valence-electron chi connectivity index (χ1n) is 4.76. The maximum absolute atomic E-state index is 11.4. The second-order valence-corrected chi connectivity index (χ2v) is 3.44. The van der Waals surface area contributed by atoms with Crippen molar-refractivity contribution in [3.63, 3.8) is 0 Å². The SMILES string of the molecule is CCCC=CC(C)(C(C)=O)C(=O)OC. The summed E-state index contributed by atoms with van der Waals surface area (Å²) in [7, 11) is 1.29. The first-order chi connectivity index (χ1) is 6.49. The molecule has 0 spiro atoms. The summed E-state index contributed by atoms with van der Waals surface area (Å²) in [6.45, 7) is 5.01. The molecular formula is C11H18O3. The second kappa shape index (κ2) is 5.58. The van der Waals surface area contributed by atoms with Crippen LogP contribution in [0.4, 0.5) is 0 Å². The molecule has 14 heavy (non-hydrogen) atoms. The van der Waals surface area contributed by atoms with Crippen molar-refractivity contribution in [2.45, 2.75) is 33.6 Å². The third-order valence-corrected chi connectivity index (χ3v) is 2.25. The molecule has 0 aliphatic carbocycles. The topological polar surface area (TPSA) is 43.4 Å². The Balaban J connectivity index is 4.73. The molecule has 0 saturated carbocycles. The van der Waals surface area contributed by atoms with Gasteiger partial charge in [-0.25, -0.2) is 0 Å². The number of Topliss-reactive ketones (excluding diaryl/α,β-unsaturated/α-hetero) is 1. The Morgan fingerprint density at radius 3 is 2.36 bits per heavy atom. The monoisotopic (exact) mass is 198 g/mol. The number of esters is 1. The van der Waals surface area contributed by atoms with Crippen molar-refractivity contribution in [2.24, 2.45) is 5.41 Å². The summed E-state index contributed by atoms with van der Waals surface area (Å²) in [4.78, 5) is 22.7. The molecule has 0 amide bonds. The number of methoxy groups -OCH3 is 1. The number of ether oxygens (including phenoxy) is 1. The van der Waals surface area contributed by atoms with E-state index in [2.05, 4.69) is 4.74 Å². The third-order valence-electron chi connectivity index (χ3n) is 2.25. The predicted octanol–water partition coefficient (Wildman–Crippen LogP) is 2.11.